The fourth-order valence-electron chi connectivity index (χ4n) is 3.80. The SMILES string of the molecule is CCC1(C)CC(=O)N(C[NH+]2CCN(c3ccc([N+](=O)[O-])cc3)CC2)C(=O)C1. The van der Waals surface area contributed by atoms with Crippen LogP contribution in [0.5, 0.6) is 0 Å². The van der Waals surface area contributed by atoms with Crippen LogP contribution in [0.3, 0.4) is 0 Å². The Morgan fingerprint density at radius 3 is 2.15 bits per heavy atom. The molecule has 2 saturated heterocycles. The summed E-state index contributed by atoms with van der Waals surface area (Å²) in [6, 6.07) is 6.58. The largest absolute Gasteiger partial charge is 0.360 e. The van der Waals surface area contributed by atoms with Gasteiger partial charge in [-0.2, -0.15) is 0 Å². The molecular weight excluding hydrogens is 348 g/mol. The summed E-state index contributed by atoms with van der Waals surface area (Å²) in [5.74, 6) is -0.109. The minimum atomic E-state index is -0.401. The van der Waals surface area contributed by atoms with Gasteiger partial charge in [-0.15, -0.1) is 0 Å². The lowest BCUT2D eigenvalue weighted by atomic mass is 9.77. The standard InChI is InChI=1S/C19H26N4O4/c1-3-19(2)12-17(24)22(18(25)13-19)14-20-8-10-21(11-9-20)15-4-6-16(7-5-15)23(26)27/h4-7H,3,8-14H2,1-2H3/p+1. The van der Waals surface area contributed by atoms with Gasteiger partial charge in [0.05, 0.1) is 31.1 Å². The average molecular weight is 375 g/mol. The van der Waals surface area contributed by atoms with Gasteiger partial charge < -0.3 is 9.80 Å². The maximum absolute atomic E-state index is 12.5. The van der Waals surface area contributed by atoms with Crippen molar-refractivity contribution in [3.05, 3.63) is 34.4 Å². The number of piperazine rings is 1. The van der Waals surface area contributed by atoms with Gasteiger partial charge in [0.2, 0.25) is 11.8 Å². The molecule has 2 heterocycles. The number of likely N-dealkylation sites (tertiary alicyclic amines) is 1. The number of rotatable bonds is 5. The van der Waals surface area contributed by atoms with E-state index in [2.05, 4.69) is 4.90 Å². The van der Waals surface area contributed by atoms with E-state index in [-0.39, 0.29) is 22.9 Å². The lowest BCUT2D eigenvalue weighted by molar-refractivity contribution is -0.908. The molecule has 0 radical (unpaired) electrons. The van der Waals surface area contributed by atoms with Gasteiger partial charge in [0.15, 0.2) is 6.67 Å². The zero-order valence-corrected chi connectivity index (χ0v) is 15.9. The molecule has 0 aromatic heterocycles. The zero-order chi connectivity index (χ0) is 19.6. The minimum absolute atomic E-state index is 0.0547. The zero-order valence-electron chi connectivity index (χ0n) is 15.9. The molecule has 1 N–H and O–H groups in total. The third kappa shape index (κ3) is 4.27. The lowest BCUT2D eigenvalue weighted by Crippen LogP contribution is -3.16. The van der Waals surface area contributed by atoms with Crippen molar-refractivity contribution >= 4 is 23.2 Å². The highest BCUT2D eigenvalue weighted by atomic mass is 16.6. The van der Waals surface area contributed by atoms with Crippen LogP contribution >= 0.6 is 0 Å². The van der Waals surface area contributed by atoms with Crippen molar-refractivity contribution in [2.45, 2.75) is 33.1 Å². The van der Waals surface area contributed by atoms with Crippen molar-refractivity contribution in [1.82, 2.24) is 4.90 Å². The highest BCUT2D eigenvalue weighted by Crippen LogP contribution is 2.35. The molecule has 3 rings (SSSR count). The third-order valence-corrected chi connectivity index (χ3v) is 5.89. The normalized spacial score (nSPS) is 20.8. The molecule has 8 nitrogen and oxygen atoms in total. The molecule has 2 aliphatic heterocycles. The van der Waals surface area contributed by atoms with Crippen molar-refractivity contribution in [3.63, 3.8) is 0 Å². The summed E-state index contributed by atoms with van der Waals surface area (Å²) in [5.41, 5.74) is 0.849. The van der Waals surface area contributed by atoms with Gasteiger partial charge in [-0.25, -0.2) is 4.90 Å². The number of anilines is 1. The molecule has 2 fully saturated rings. The molecule has 27 heavy (non-hydrogen) atoms. The number of amides is 2. The molecule has 0 spiro atoms. The second-order valence-corrected chi connectivity index (χ2v) is 7.90. The maximum atomic E-state index is 12.5. The number of nitro benzene ring substituents is 1. The van der Waals surface area contributed by atoms with Crippen molar-refractivity contribution in [1.29, 1.82) is 0 Å². The van der Waals surface area contributed by atoms with E-state index >= 15 is 0 Å². The molecule has 2 amide bonds. The smallest absolute Gasteiger partial charge is 0.269 e. The number of hydrogen-bond acceptors (Lipinski definition) is 5. The Kier molecular flexibility index (Phi) is 5.46. The molecule has 1 aromatic rings. The predicted octanol–water partition coefficient (Wildman–Crippen LogP) is 0.823. The van der Waals surface area contributed by atoms with Crippen LogP contribution in [0.2, 0.25) is 0 Å². The van der Waals surface area contributed by atoms with Gasteiger partial charge in [0.25, 0.3) is 5.69 Å². The topological polar surface area (TPSA) is 88.2 Å². The van der Waals surface area contributed by atoms with E-state index in [1.165, 1.54) is 21.9 Å². The molecule has 1 aromatic carbocycles. The molecule has 0 unspecified atom stereocenters. The Morgan fingerprint density at radius 2 is 1.67 bits per heavy atom. The van der Waals surface area contributed by atoms with Gasteiger partial charge in [-0.05, 0) is 24.0 Å². The number of piperidine rings is 1. The maximum Gasteiger partial charge on any atom is 0.269 e. The molecule has 8 heteroatoms. The van der Waals surface area contributed by atoms with E-state index in [9.17, 15) is 19.7 Å². The van der Waals surface area contributed by atoms with Crippen LogP contribution in [0.4, 0.5) is 11.4 Å². The minimum Gasteiger partial charge on any atom is -0.360 e. The first kappa shape index (κ1) is 19.3. The van der Waals surface area contributed by atoms with Gasteiger partial charge in [0, 0.05) is 30.7 Å². The fourth-order valence-corrected chi connectivity index (χ4v) is 3.80. The van der Waals surface area contributed by atoms with Gasteiger partial charge in [0.1, 0.15) is 0 Å². The van der Waals surface area contributed by atoms with Gasteiger partial charge in [-0.1, -0.05) is 13.8 Å². The van der Waals surface area contributed by atoms with Crippen LogP contribution in [0, 0.1) is 15.5 Å². The van der Waals surface area contributed by atoms with E-state index in [0.29, 0.717) is 19.5 Å². The number of benzene rings is 1. The number of carbonyl (C=O) groups is 2. The van der Waals surface area contributed by atoms with Crippen LogP contribution in [0.15, 0.2) is 24.3 Å². The quantitative estimate of drug-likeness (QED) is 0.468. The van der Waals surface area contributed by atoms with Crippen LogP contribution < -0.4 is 9.80 Å². The number of carbonyl (C=O) groups excluding carboxylic acids is 2. The summed E-state index contributed by atoms with van der Waals surface area (Å²) in [7, 11) is 0. The van der Waals surface area contributed by atoms with Crippen molar-refractivity contribution in [2.24, 2.45) is 5.41 Å². The summed E-state index contributed by atoms with van der Waals surface area (Å²) < 4.78 is 0. The van der Waals surface area contributed by atoms with Crippen LogP contribution in [-0.2, 0) is 9.59 Å². The summed E-state index contributed by atoms with van der Waals surface area (Å²) >= 11 is 0. The molecule has 0 aliphatic carbocycles. The van der Waals surface area contributed by atoms with Gasteiger partial charge >= 0.3 is 0 Å². The first-order valence-corrected chi connectivity index (χ1v) is 9.47. The van der Waals surface area contributed by atoms with Crippen molar-refractivity contribution in [3.8, 4) is 0 Å². The molecule has 0 bridgehead atoms. The second-order valence-electron chi connectivity index (χ2n) is 7.90. The molecule has 0 saturated carbocycles. The molecule has 146 valence electrons. The number of quaternary nitrogens is 1. The molecule has 2 aliphatic rings. The number of imide groups is 1. The van der Waals surface area contributed by atoms with Crippen LogP contribution in [0.25, 0.3) is 0 Å². The van der Waals surface area contributed by atoms with E-state index in [0.717, 1.165) is 38.3 Å². The lowest BCUT2D eigenvalue weighted by Gasteiger charge is -2.39. The number of hydrogen-bond donors (Lipinski definition) is 1. The monoisotopic (exact) mass is 375 g/mol. The van der Waals surface area contributed by atoms with E-state index in [4.69, 9.17) is 0 Å². The van der Waals surface area contributed by atoms with Crippen molar-refractivity contribution < 1.29 is 19.4 Å². The molecular formula is C19H27N4O4+. The van der Waals surface area contributed by atoms with E-state index in [1.807, 2.05) is 13.8 Å². The summed E-state index contributed by atoms with van der Waals surface area (Å²) in [4.78, 5) is 40.1. The number of non-ortho nitro benzene ring substituents is 1. The van der Waals surface area contributed by atoms with Crippen LogP contribution in [-0.4, -0.2) is 54.5 Å². The number of nitrogens with zero attached hydrogens (tertiary/aromatic N) is 3. The second kappa shape index (κ2) is 7.64. The summed E-state index contributed by atoms with van der Waals surface area (Å²) in [5, 5.41) is 10.8. The number of nitro groups is 1. The van der Waals surface area contributed by atoms with Crippen molar-refractivity contribution in [2.75, 3.05) is 37.7 Å². The van der Waals surface area contributed by atoms with E-state index < -0.39 is 4.92 Å². The average Bonchev–Trinajstić information content (AvgIpc) is 2.65. The third-order valence-electron chi connectivity index (χ3n) is 5.89. The predicted molar refractivity (Wildman–Crippen MR) is 100 cm³/mol. The van der Waals surface area contributed by atoms with Gasteiger partial charge in [-0.3, -0.25) is 19.7 Å². The highest BCUT2D eigenvalue weighted by molar-refractivity contribution is 5.98. The first-order chi connectivity index (χ1) is 12.8. The number of nitrogens with one attached hydrogen (secondary N) is 1. The first-order valence-electron chi connectivity index (χ1n) is 9.47. The highest BCUT2D eigenvalue weighted by Gasteiger charge is 2.41. The summed E-state index contributed by atoms with van der Waals surface area (Å²) in [6.45, 7) is 7.69. The Balaban J connectivity index is 1.54. The Labute approximate surface area is 158 Å². The Bertz CT molecular complexity index is 708. The Hall–Kier alpha value is -2.48. The van der Waals surface area contributed by atoms with Crippen LogP contribution in [0.1, 0.15) is 33.1 Å². The molecule has 0 atom stereocenters. The summed E-state index contributed by atoms with van der Waals surface area (Å²) in [6.07, 6.45) is 1.72. The fraction of sp³-hybridized carbons (Fsp3) is 0.579. The van der Waals surface area contributed by atoms with E-state index in [1.54, 1.807) is 12.1 Å². The Morgan fingerprint density at radius 1 is 1.11 bits per heavy atom.